The summed E-state index contributed by atoms with van der Waals surface area (Å²) in [6.07, 6.45) is -0.0319. The van der Waals surface area contributed by atoms with Crippen molar-refractivity contribution in [2.24, 2.45) is 11.8 Å². The van der Waals surface area contributed by atoms with E-state index < -0.39 is 11.9 Å². The molecular formula is C18H25F3N2O2. The topological polar surface area (TPSA) is 34.6 Å². The molecule has 1 unspecified atom stereocenters. The van der Waals surface area contributed by atoms with E-state index in [9.17, 15) is 13.2 Å². The Bertz CT molecular complexity index is 539. The van der Waals surface area contributed by atoms with Crippen molar-refractivity contribution >= 4 is 0 Å². The number of halogens is 3. The van der Waals surface area contributed by atoms with Crippen molar-refractivity contribution in [3.8, 4) is 5.88 Å². The minimum Gasteiger partial charge on any atom is -0.477 e. The molecule has 0 aromatic carbocycles. The molecule has 0 amide bonds. The van der Waals surface area contributed by atoms with Gasteiger partial charge in [0.05, 0.1) is 13.2 Å². The number of rotatable bonds is 5. The van der Waals surface area contributed by atoms with Gasteiger partial charge >= 0.3 is 6.18 Å². The minimum atomic E-state index is -4.44. The average Bonchev–Trinajstić information content (AvgIpc) is 2.62. The highest BCUT2D eigenvalue weighted by atomic mass is 19.4. The molecule has 25 heavy (non-hydrogen) atoms. The first kappa shape index (κ1) is 18.5. The summed E-state index contributed by atoms with van der Waals surface area (Å²) in [5.41, 5.74) is -0.908. The van der Waals surface area contributed by atoms with E-state index in [2.05, 4.69) is 9.88 Å². The van der Waals surface area contributed by atoms with Crippen LogP contribution in [0.3, 0.4) is 0 Å². The van der Waals surface area contributed by atoms with Crippen LogP contribution < -0.4 is 4.74 Å². The lowest BCUT2D eigenvalue weighted by molar-refractivity contribution is -0.141. The van der Waals surface area contributed by atoms with Gasteiger partial charge in [0.1, 0.15) is 5.69 Å². The van der Waals surface area contributed by atoms with E-state index in [1.807, 2.05) is 0 Å². The number of hydrogen-bond donors (Lipinski definition) is 0. The largest absolute Gasteiger partial charge is 0.477 e. The second-order valence-electron chi connectivity index (χ2n) is 7.00. The van der Waals surface area contributed by atoms with E-state index in [4.69, 9.17) is 9.47 Å². The van der Waals surface area contributed by atoms with Crippen LogP contribution in [0.1, 0.15) is 31.4 Å². The molecule has 0 bridgehead atoms. The van der Waals surface area contributed by atoms with Crippen molar-refractivity contribution in [3.63, 3.8) is 0 Å². The Balaban J connectivity index is 1.40. The van der Waals surface area contributed by atoms with Crippen molar-refractivity contribution < 1.29 is 22.6 Å². The van der Waals surface area contributed by atoms with Gasteiger partial charge in [-0.1, -0.05) is 6.07 Å². The molecule has 1 aromatic rings. The van der Waals surface area contributed by atoms with Crippen LogP contribution in [-0.4, -0.2) is 49.3 Å². The molecule has 0 saturated carbocycles. The average molecular weight is 358 g/mol. The van der Waals surface area contributed by atoms with Gasteiger partial charge in [-0.05, 0) is 56.7 Å². The Morgan fingerprint density at radius 2 is 1.96 bits per heavy atom. The number of likely N-dealkylation sites (tertiary alicyclic amines) is 1. The van der Waals surface area contributed by atoms with Gasteiger partial charge in [-0.15, -0.1) is 0 Å². The number of aromatic nitrogens is 1. The van der Waals surface area contributed by atoms with Crippen molar-refractivity contribution in [2.75, 3.05) is 39.5 Å². The van der Waals surface area contributed by atoms with E-state index in [1.54, 1.807) is 0 Å². The van der Waals surface area contributed by atoms with Crippen LogP contribution in [0.4, 0.5) is 13.2 Å². The summed E-state index contributed by atoms with van der Waals surface area (Å²) in [6, 6.07) is 3.77. The van der Waals surface area contributed by atoms with Gasteiger partial charge in [0.15, 0.2) is 0 Å². The molecule has 7 heteroatoms. The predicted molar refractivity (Wildman–Crippen MR) is 87.4 cm³/mol. The molecule has 0 N–H and O–H groups in total. The molecule has 2 aliphatic rings. The third-order valence-electron chi connectivity index (χ3n) is 4.96. The molecule has 2 fully saturated rings. The lowest BCUT2D eigenvalue weighted by Gasteiger charge is -2.35. The Labute approximate surface area is 146 Å². The van der Waals surface area contributed by atoms with Crippen LogP contribution >= 0.6 is 0 Å². The van der Waals surface area contributed by atoms with E-state index >= 15 is 0 Å². The molecule has 3 heterocycles. The van der Waals surface area contributed by atoms with Gasteiger partial charge in [-0.2, -0.15) is 13.2 Å². The zero-order valence-corrected chi connectivity index (χ0v) is 14.3. The first-order valence-electron chi connectivity index (χ1n) is 8.98. The maximum atomic E-state index is 12.7. The van der Waals surface area contributed by atoms with Crippen molar-refractivity contribution in [1.82, 2.24) is 9.88 Å². The second kappa shape index (κ2) is 8.36. The van der Waals surface area contributed by atoms with Gasteiger partial charge in [0.25, 0.3) is 0 Å². The van der Waals surface area contributed by atoms with Crippen molar-refractivity contribution in [1.29, 1.82) is 0 Å². The smallest absolute Gasteiger partial charge is 0.433 e. The number of alkyl halides is 3. The fourth-order valence-corrected chi connectivity index (χ4v) is 3.51. The molecule has 4 nitrogen and oxygen atoms in total. The number of pyridine rings is 1. The number of piperidine rings is 1. The third-order valence-corrected chi connectivity index (χ3v) is 4.96. The molecule has 1 atom stereocenters. The SMILES string of the molecule is FC(F)(F)c1cccc(OCC2CCN(CC3CCCOC3)CC2)n1. The Hall–Kier alpha value is -1.34. The van der Waals surface area contributed by atoms with Crippen molar-refractivity contribution in [2.45, 2.75) is 31.9 Å². The Kier molecular flexibility index (Phi) is 6.17. The maximum absolute atomic E-state index is 12.7. The number of hydrogen-bond acceptors (Lipinski definition) is 4. The zero-order valence-electron chi connectivity index (χ0n) is 14.3. The summed E-state index contributed by atoms with van der Waals surface area (Å²) >= 11 is 0. The van der Waals surface area contributed by atoms with Gasteiger partial charge in [0.2, 0.25) is 5.88 Å². The molecule has 2 saturated heterocycles. The highest BCUT2D eigenvalue weighted by Crippen LogP contribution is 2.29. The van der Waals surface area contributed by atoms with Gasteiger partial charge < -0.3 is 14.4 Å². The normalized spacial score (nSPS) is 23.6. The van der Waals surface area contributed by atoms with Crippen LogP contribution in [0.15, 0.2) is 18.2 Å². The van der Waals surface area contributed by atoms with Gasteiger partial charge in [-0.25, -0.2) is 4.98 Å². The van der Waals surface area contributed by atoms with Crippen LogP contribution in [-0.2, 0) is 10.9 Å². The summed E-state index contributed by atoms with van der Waals surface area (Å²) < 4.78 is 49.0. The molecule has 2 aliphatic heterocycles. The Morgan fingerprint density at radius 1 is 1.16 bits per heavy atom. The molecule has 0 aliphatic carbocycles. The van der Waals surface area contributed by atoms with Crippen LogP contribution in [0.5, 0.6) is 5.88 Å². The quantitative estimate of drug-likeness (QED) is 0.805. The Morgan fingerprint density at radius 3 is 2.64 bits per heavy atom. The van der Waals surface area contributed by atoms with Crippen LogP contribution in [0, 0.1) is 11.8 Å². The molecule has 3 rings (SSSR count). The maximum Gasteiger partial charge on any atom is 0.433 e. The first-order valence-corrected chi connectivity index (χ1v) is 8.98. The van der Waals surface area contributed by atoms with E-state index in [0.29, 0.717) is 18.4 Å². The molecule has 0 spiro atoms. The second-order valence-corrected chi connectivity index (χ2v) is 7.00. The summed E-state index contributed by atoms with van der Waals surface area (Å²) in [5.74, 6) is 1.06. The van der Waals surface area contributed by atoms with Gasteiger partial charge in [0, 0.05) is 19.2 Å². The number of nitrogens with zero attached hydrogens (tertiary/aromatic N) is 2. The summed E-state index contributed by atoms with van der Waals surface area (Å²) in [7, 11) is 0. The molecule has 1 aromatic heterocycles. The third kappa shape index (κ3) is 5.57. The lowest BCUT2D eigenvalue weighted by atomic mass is 9.95. The highest BCUT2D eigenvalue weighted by molar-refractivity contribution is 5.17. The standard InChI is InChI=1S/C18H25F3N2O2/c19-18(20,21)16-4-1-5-17(22-16)25-13-14-6-8-23(9-7-14)11-15-3-2-10-24-12-15/h1,4-5,14-15H,2-3,6-13H2. The minimum absolute atomic E-state index is 0.0524. The number of ether oxygens (including phenoxy) is 2. The van der Waals surface area contributed by atoms with Gasteiger partial charge in [-0.3, -0.25) is 0 Å². The van der Waals surface area contributed by atoms with E-state index in [1.165, 1.54) is 18.6 Å². The molecule has 0 radical (unpaired) electrons. The highest BCUT2D eigenvalue weighted by Gasteiger charge is 2.32. The molecule has 140 valence electrons. The summed E-state index contributed by atoms with van der Waals surface area (Å²) in [5, 5.41) is 0. The summed E-state index contributed by atoms with van der Waals surface area (Å²) in [4.78, 5) is 6.02. The van der Waals surface area contributed by atoms with E-state index in [-0.39, 0.29) is 5.88 Å². The molecular weight excluding hydrogens is 333 g/mol. The zero-order chi connectivity index (χ0) is 17.7. The monoisotopic (exact) mass is 358 g/mol. The fraction of sp³-hybridized carbons (Fsp3) is 0.722. The predicted octanol–water partition coefficient (Wildman–Crippen LogP) is 3.62. The van der Waals surface area contributed by atoms with Crippen molar-refractivity contribution in [3.05, 3.63) is 23.9 Å². The lowest BCUT2D eigenvalue weighted by Crippen LogP contribution is -2.40. The van der Waals surface area contributed by atoms with Crippen LogP contribution in [0.2, 0.25) is 0 Å². The first-order chi connectivity index (χ1) is 12.0. The van der Waals surface area contributed by atoms with E-state index in [0.717, 1.165) is 58.2 Å². The van der Waals surface area contributed by atoms with Crippen LogP contribution in [0.25, 0.3) is 0 Å². The fourth-order valence-electron chi connectivity index (χ4n) is 3.51. The summed E-state index contributed by atoms with van der Waals surface area (Å²) in [6.45, 7) is 5.29.